The molecule has 4 nitrogen and oxygen atoms in total. The summed E-state index contributed by atoms with van der Waals surface area (Å²) < 4.78 is 0. The first-order valence-electron chi connectivity index (χ1n) is 10.0. The van der Waals surface area contributed by atoms with Gasteiger partial charge < -0.3 is 15.9 Å². The van der Waals surface area contributed by atoms with Crippen LogP contribution in [0.2, 0.25) is 0 Å². The van der Waals surface area contributed by atoms with Crippen molar-refractivity contribution in [1.82, 2.24) is 0 Å². The van der Waals surface area contributed by atoms with E-state index in [0.717, 1.165) is 12.8 Å². The molecule has 0 radical (unpaired) electrons. The zero-order valence-corrected chi connectivity index (χ0v) is 17.6. The van der Waals surface area contributed by atoms with Crippen LogP contribution in [-0.2, 0) is 4.79 Å². The van der Waals surface area contributed by atoms with Crippen LogP contribution < -0.4 is 5.73 Å². The fourth-order valence-electron chi connectivity index (χ4n) is 2.80. The van der Waals surface area contributed by atoms with Gasteiger partial charge in [0.25, 0.3) is 0 Å². The van der Waals surface area contributed by atoms with Crippen LogP contribution in [0.25, 0.3) is 0 Å². The van der Waals surface area contributed by atoms with Crippen LogP contribution in [0, 0.1) is 0 Å². The van der Waals surface area contributed by atoms with Gasteiger partial charge in [-0.2, -0.15) is 0 Å². The number of aliphatic hydroxyl groups excluding tert-OH is 2. The molecule has 0 fully saturated rings. The van der Waals surface area contributed by atoms with Crippen molar-refractivity contribution in [2.24, 2.45) is 5.73 Å². The van der Waals surface area contributed by atoms with Crippen LogP contribution in [0.5, 0.6) is 0 Å². The molecule has 1 unspecified atom stereocenters. The standard InChI is InChI=1S/C20H37Cl2NO3/c1-2-3-4-5-6-7-8-9-10-11-12-13-14-15-16(24)17(23)18(25)19(26)20(21)22/h14-18,20,24-25H,2-13,23H2,1H3/b15-14+/t16-,17-,18?/m1/s1. The molecule has 6 heteroatoms. The Morgan fingerprint density at radius 3 is 1.85 bits per heavy atom. The van der Waals surface area contributed by atoms with Crippen LogP contribution in [0.4, 0.5) is 0 Å². The largest absolute Gasteiger partial charge is 0.387 e. The summed E-state index contributed by atoms with van der Waals surface area (Å²) in [5.74, 6) is -0.793. The molecule has 0 aromatic rings. The van der Waals surface area contributed by atoms with Crippen molar-refractivity contribution in [3.8, 4) is 0 Å². The van der Waals surface area contributed by atoms with Crippen molar-refractivity contribution in [3.05, 3.63) is 12.2 Å². The molecule has 0 aliphatic carbocycles. The van der Waals surface area contributed by atoms with Crippen molar-refractivity contribution in [2.45, 2.75) is 107 Å². The van der Waals surface area contributed by atoms with E-state index in [1.54, 1.807) is 0 Å². The number of hydrogen-bond donors (Lipinski definition) is 3. The summed E-state index contributed by atoms with van der Waals surface area (Å²) in [6.07, 6.45) is 15.7. The topological polar surface area (TPSA) is 83.6 Å². The lowest BCUT2D eigenvalue weighted by Crippen LogP contribution is -2.49. The average Bonchev–Trinajstić information content (AvgIpc) is 2.63. The maximum Gasteiger partial charge on any atom is 0.195 e. The molecular weight excluding hydrogens is 373 g/mol. The van der Waals surface area contributed by atoms with Gasteiger partial charge in [0.1, 0.15) is 6.10 Å². The second-order valence-electron chi connectivity index (χ2n) is 6.97. The Bertz CT molecular complexity index is 378. The number of alkyl halides is 2. The van der Waals surface area contributed by atoms with Gasteiger partial charge in [0, 0.05) is 0 Å². The molecule has 0 bridgehead atoms. The number of aliphatic hydroxyl groups is 2. The Kier molecular flexibility index (Phi) is 16.9. The maximum absolute atomic E-state index is 11.4. The lowest BCUT2D eigenvalue weighted by molar-refractivity contribution is -0.127. The normalized spacial score (nSPS) is 15.5. The SMILES string of the molecule is CCCCCCCCCCCCC/C=C/[C@@H](O)[C@@H](N)C(O)C(=O)C(Cl)Cl. The third-order valence-corrected chi connectivity index (χ3v) is 5.00. The minimum Gasteiger partial charge on any atom is -0.387 e. The quantitative estimate of drug-likeness (QED) is 0.185. The second-order valence-corrected chi connectivity index (χ2v) is 8.06. The number of carbonyl (C=O) groups is 1. The number of nitrogens with two attached hydrogens (primary N) is 1. The molecule has 0 spiro atoms. The summed E-state index contributed by atoms with van der Waals surface area (Å²) >= 11 is 10.8. The van der Waals surface area contributed by atoms with Gasteiger partial charge >= 0.3 is 0 Å². The van der Waals surface area contributed by atoms with E-state index in [0.29, 0.717) is 0 Å². The highest BCUT2D eigenvalue weighted by molar-refractivity contribution is 6.54. The Morgan fingerprint density at radius 2 is 1.38 bits per heavy atom. The number of carbonyl (C=O) groups excluding carboxylic acids is 1. The van der Waals surface area contributed by atoms with Crippen molar-refractivity contribution < 1.29 is 15.0 Å². The predicted octanol–water partition coefficient (Wildman–Crippen LogP) is 4.67. The highest BCUT2D eigenvalue weighted by Crippen LogP contribution is 2.13. The van der Waals surface area contributed by atoms with Crippen molar-refractivity contribution >= 4 is 29.0 Å². The lowest BCUT2D eigenvalue weighted by Gasteiger charge is -2.21. The van der Waals surface area contributed by atoms with E-state index in [-0.39, 0.29) is 0 Å². The van der Waals surface area contributed by atoms with Gasteiger partial charge in [0.15, 0.2) is 10.6 Å². The van der Waals surface area contributed by atoms with Gasteiger partial charge in [0.05, 0.1) is 12.1 Å². The second kappa shape index (κ2) is 17.0. The molecule has 0 saturated carbocycles. The monoisotopic (exact) mass is 409 g/mol. The Balaban J connectivity index is 3.64. The van der Waals surface area contributed by atoms with Crippen molar-refractivity contribution in [3.63, 3.8) is 0 Å². The fraction of sp³-hybridized carbons (Fsp3) is 0.850. The Hall–Kier alpha value is -0.130. The fourth-order valence-corrected chi connectivity index (χ4v) is 3.05. The molecule has 0 aliphatic heterocycles. The summed E-state index contributed by atoms with van der Waals surface area (Å²) in [5, 5.41) is 19.6. The van der Waals surface area contributed by atoms with Crippen LogP contribution in [0.15, 0.2) is 12.2 Å². The molecule has 3 atom stereocenters. The molecule has 0 aliphatic rings. The summed E-state index contributed by atoms with van der Waals surface area (Å²) in [6.45, 7) is 2.24. The molecule has 0 amide bonds. The van der Waals surface area contributed by atoms with E-state index in [4.69, 9.17) is 28.9 Å². The molecule has 0 aromatic carbocycles. The first-order chi connectivity index (χ1) is 12.4. The number of hydrogen-bond acceptors (Lipinski definition) is 4. The van der Waals surface area contributed by atoms with E-state index in [9.17, 15) is 15.0 Å². The number of unbranched alkanes of at least 4 members (excludes halogenated alkanes) is 11. The molecular formula is C20H37Cl2NO3. The first kappa shape index (κ1) is 25.9. The maximum atomic E-state index is 11.4. The Morgan fingerprint density at radius 1 is 0.923 bits per heavy atom. The summed E-state index contributed by atoms with van der Waals surface area (Å²) in [4.78, 5) is 10.1. The minimum absolute atomic E-state index is 0.793. The number of ketones is 1. The van der Waals surface area contributed by atoms with E-state index < -0.39 is 28.9 Å². The van der Waals surface area contributed by atoms with Crippen LogP contribution in [-0.4, -0.2) is 39.1 Å². The van der Waals surface area contributed by atoms with Gasteiger partial charge in [-0.3, -0.25) is 4.79 Å². The molecule has 154 valence electrons. The van der Waals surface area contributed by atoms with Gasteiger partial charge in [0.2, 0.25) is 0 Å². The first-order valence-corrected chi connectivity index (χ1v) is 10.9. The molecule has 0 saturated heterocycles. The van der Waals surface area contributed by atoms with Gasteiger partial charge in [-0.05, 0) is 12.8 Å². The zero-order chi connectivity index (χ0) is 19.8. The van der Waals surface area contributed by atoms with E-state index in [1.807, 2.05) is 6.08 Å². The van der Waals surface area contributed by atoms with Crippen LogP contribution in [0.3, 0.4) is 0 Å². The van der Waals surface area contributed by atoms with Crippen molar-refractivity contribution in [2.75, 3.05) is 0 Å². The Labute approximate surface area is 169 Å². The minimum atomic E-state index is -1.57. The zero-order valence-electron chi connectivity index (χ0n) is 16.1. The molecule has 0 rings (SSSR count). The summed E-state index contributed by atoms with van der Waals surface area (Å²) in [6, 6.07) is -1.13. The number of Topliss-reactive ketones (excluding diaryl/α,β-unsaturated/α-hetero) is 1. The summed E-state index contributed by atoms with van der Waals surface area (Å²) in [5.41, 5.74) is 5.66. The van der Waals surface area contributed by atoms with Gasteiger partial charge in [-0.25, -0.2) is 0 Å². The smallest absolute Gasteiger partial charge is 0.195 e. The molecule has 4 N–H and O–H groups in total. The molecule has 0 heterocycles. The third-order valence-electron chi connectivity index (χ3n) is 4.57. The van der Waals surface area contributed by atoms with Crippen LogP contribution >= 0.6 is 23.2 Å². The lowest BCUT2D eigenvalue weighted by atomic mass is 10.0. The van der Waals surface area contributed by atoms with Gasteiger partial charge in [-0.15, -0.1) is 0 Å². The van der Waals surface area contributed by atoms with Crippen LogP contribution in [0.1, 0.15) is 84.0 Å². The third kappa shape index (κ3) is 13.1. The van der Waals surface area contributed by atoms with E-state index in [2.05, 4.69) is 6.92 Å². The molecule has 26 heavy (non-hydrogen) atoms. The van der Waals surface area contributed by atoms with E-state index in [1.165, 1.54) is 70.3 Å². The number of rotatable bonds is 17. The highest BCUT2D eigenvalue weighted by Gasteiger charge is 2.30. The van der Waals surface area contributed by atoms with Gasteiger partial charge in [-0.1, -0.05) is 106 Å². The molecule has 0 aromatic heterocycles. The predicted molar refractivity (Wildman–Crippen MR) is 111 cm³/mol. The van der Waals surface area contributed by atoms with Crippen molar-refractivity contribution in [1.29, 1.82) is 0 Å². The highest BCUT2D eigenvalue weighted by atomic mass is 35.5. The number of allylic oxidation sites excluding steroid dienone is 1. The van der Waals surface area contributed by atoms with E-state index >= 15 is 0 Å². The number of halogens is 2. The summed E-state index contributed by atoms with van der Waals surface area (Å²) in [7, 11) is 0. The average molecular weight is 410 g/mol.